The molecule has 0 spiro atoms. The lowest BCUT2D eigenvalue weighted by molar-refractivity contribution is -0.114. The predicted molar refractivity (Wildman–Crippen MR) is 60.5 cm³/mol. The smallest absolute Gasteiger partial charge is 0.189 e. The van der Waals surface area contributed by atoms with E-state index in [1.54, 1.807) is 0 Å². The van der Waals surface area contributed by atoms with Gasteiger partial charge in [-0.15, -0.1) is 12.6 Å². The zero-order valence-corrected chi connectivity index (χ0v) is 8.91. The highest BCUT2D eigenvalue weighted by atomic mass is 32.1. The van der Waals surface area contributed by atoms with Crippen LogP contribution in [0.25, 0.3) is 0 Å². The van der Waals surface area contributed by atoms with Crippen LogP contribution < -0.4 is 0 Å². The van der Waals surface area contributed by atoms with E-state index in [1.165, 1.54) is 5.56 Å². The van der Waals surface area contributed by atoms with E-state index in [-0.39, 0.29) is 11.0 Å². The summed E-state index contributed by atoms with van der Waals surface area (Å²) >= 11 is 3.91. The molecule has 1 aliphatic rings. The fourth-order valence-electron chi connectivity index (χ4n) is 2.23. The number of thiol groups is 1. The van der Waals surface area contributed by atoms with Gasteiger partial charge in [-0.2, -0.15) is 0 Å². The standard InChI is InChI=1S/C12H14OS/c13-12(14)11-7-6-10(8-11)9-4-2-1-3-5-9/h1-5,10-11H,6-8H2,(H,13,14). The minimum Gasteiger partial charge on any atom is -0.287 e. The van der Waals surface area contributed by atoms with E-state index < -0.39 is 0 Å². The molecule has 0 N–H and O–H groups in total. The van der Waals surface area contributed by atoms with Crippen LogP contribution in [0, 0.1) is 5.92 Å². The summed E-state index contributed by atoms with van der Waals surface area (Å²) in [7, 11) is 0. The van der Waals surface area contributed by atoms with Gasteiger partial charge in [-0.25, -0.2) is 0 Å². The van der Waals surface area contributed by atoms with Gasteiger partial charge in [-0.3, -0.25) is 4.79 Å². The second-order valence-electron chi connectivity index (χ2n) is 3.96. The van der Waals surface area contributed by atoms with E-state index in [1.807, 2.05) is 6.07 Å². The highest BCUT2D eigenvalue weighted by Crippen LogP contribution is 2.38. The van der Waals surface area contributed by atoms with Crippen LogP contribution >= 0.6 is 12.6 Å². The topological polar surface area (TPSA) is 17.1 Å². The van der Waals surface area contributed by atoms with Crippen LogP contribution in [0.4, 0.5) is 0 Å². The first-order valence-electron chi connectivity index (χ1n) is 5.05. The summed E-state index contributed by atoms with van der Waals surface area (Å²) in [5.41, 5.74) is 1.37. The van der Waals surface area contributed by atoms with Crippen molar-refractivity contribution in [2.45, 2.75) is 25.2 Å². The van der Waals surface area contributed by atoms with Crippen LogP contribution in [-0.4, -0.2) is 5.12 Å². The van der Waals surface area contributed by atoms with Gasteiger partial charge >= 0.3 is 0 Å². The van der Waals surface area contributed by atoms with Crippen molar-refractivity contribution in [1.82, 2.24) is 0 Å². The molecule has 1 aromatic rings. The minimum absolute atomic E-state index is 0.0587. The zero-order chi connectivity index (χ0) is 9.97. The van der Waals surface area contributed by atoms with Gasteiger partial charge in [0.2, 0.25) is 0 Å². The van der Waals surface area contributed by atoms with Crippen molar-refractivity contribution in [3.63, 3.8) is 0 Å². The second-order valence-corrected chi connectivity index (χ2v) is 4.40. The molecule has 14 heavy (non-hydrogen) atoms. The van der Waals surface area contributed by atoms with Crippen molar-refractivity contribution < 1.29 is 4.79 Å². The Bertz CT molecular complexity index is 320. The molecular formula is C12H14OS. The molecule has 1 aliphatic carbocycles. The van der Waals surface area contributed by atoms with Gasteiger partial charge in [-0.05, 0) is 30.7 Å². The van der Waals surface area contributed by atoms with Crippen LogP contribution in [0.2, 0.25) is 0 Å². The number of hydrogen-bond donors (Lipinski definition) is 1. The molecule has 0 saturated heterocycles. The molecule has 0 bridgehead atoms. The van der Waals surface area contributed by atoms with E-state index in [4.69, 9.17) is 0 Å². The molecule has 2 rings (SSSR count). The van der Waals surface area contributed by atoms with Gasteiger partial charge in [-0.1, -0.05) is 30.3 Å². The van der Waals surface area contributed by atoms with E-state index in [0.717, 1.165) is 19.3 Å². The number of rotatable bonds is 2. The maximum atomic E-state index is 11.1. The number of carbonyl (C=O) groups excluding carboxylic acids is 1. The van der Waals surface area contributed by atoms with Crippen LogP contribution in [-0.2, 0) is 4.79 Å². The fraction of sp³-hybridized carbons (Fsp3) is 0.417. The lowest BCUT2D eigenvalue weighted by Crippen LogP contribution is -2.03. The quantitative estimate of drug-likeness (QED) is 0.736. The Hall–Kier alpha value is -0.760. The molecule has 1 fully saturated rings. The Morgan fingerprint density at radius 2 is 1.93 bits per heavy atom. The molecule has 0 radical (unpaired) electrons. The molecule has 0 aliphatic heterocycles. The molecule has 1 nitrogen and oxygen atoms in total. The van der Waals surface area contributed by atoms with E-state index >= 15 is 0 Å². The summed E-state index contributed by atoms with van der Waals surface area (Å²) in [6.07, 6.45) is 3.11. The normalized spacial score (nSPS) is 26.4. The SMILES string of the molecule is O=C(S)C1CCC(c2ccccc2)C1. The van der Waals surface area contributed by atoms with Gasteiger partial charge in [0.15, 0.2) is 5.12 Å². The average Bonchev–Trinajstić information content (AvgIpc) is 2.68. The Morgan fingerprint density at radius 1 is 1.21 bits per heavy atom. The van der Waals surface area contributed by atoms with Gasteiger partial charge in [0.25, 0.3) is 0 Å². The zero-order valence-electron chi connectivity index (χ0n) is 8.02. The summed E-state index contributed by atoms with van der Waals surface area (Å²) in [5, 5.41) is 0.0587. The molecule has 74 valence electrons. The van der Waals surface area contributed by atoms with Crippen molar-refractivity contribution in [3.8, 4) is 0 Å². The molecule has 0 amide bonds. The molecular weight excluding hydrogens is 192 g/mol. The van der Waals surface area contributed by atoms with Crippen LogP contribution in [0.5, 0.6) is 0 Å². The van der Waals surface area contributed by atoms with Crippen molar-refractivity contribution in [1.29, 1.82) is 0 Å². The van der Waals surface area contributed by atoms with Crippen molar-refractivity contribution in [3.05, 3.63) is 35.9 Å². The first-order valence-corrected chi connectivity index (χ1v) is 5.50. The van der Waals surface area contributed by atoms with Crippen molar-refractivity contribution >= 4 is 17.7 Å². The number of carbonyl (C=O) groups is 1. The molecule has 0 heterocycles. The Morgan fingerprint density at radius 3 is 2.50 bits per heavy atom. The Labute approximate surface area is 89.9 Å². The summed E-state index contributed by atoms with van der Waals surface area (Å²) in [6.45, 7) is 0. The maximum absolute atomic E-state index is 11.1. The first kappa shape index (κ1) is 9.78. The Kier molecular flexibility index (Phi) is 2.92. The Balaban J connectivity index is 2.06. The summed E-state index contributed by atoms with van der Waals surface area (Å²) in [5.74, 6) is 0.751. The van der Waals surface area contributed by atoms with E-state index in [9.17, 15) is 4.79 Å². The van der Waals surface area contributed by atoms with E-state index in [2.05, 4.69) is 36.9 Å². The number of benzene rings is 1. The van der Waals surface area contributed by atoms with Gasteiger partial charge < -0.3 is 0 Å². The third-order valence-electron chi connectivity index (χ3n) is 3.05. The van der Waals surface area contributed by atoms with Gasteiger partial charge in [0.05, 0.1) is 0 Å². The lowest BCUT2D eigenvalue weighted by atomic mass is 9.97. The molecule has 0 aromatic heterocycles. The van der Waals surface area contributed by atoms with Crippen molar-refractivity contribution in [2.75, 3.05) is 0 Å². The average molecular weight is 206 g/mol. The molecule has 1 saturated carbocycles. The largest absolute Gasteiger partial charge is 0.287 e. The predicted octanol–water partition coefficient (Wildman–Crippen LogP) is 3.03. The summed E-state index contributed by atoms with van der Waals surface area (Å²) < 4.78 is 0. The molecule has 2 heteroatoms. The minimum atomic E-state index is 0.0587. The molecule has 2 unspecified atom stereocenters. The van der Waals surface area contributed by atoms with Crippen LogP contribution in [0.3, 0.4) is 0 Å². The van der Waals surface area contributed by atoms with Gasteiger partial charge in [0, 0.05) is 5.92 Å². The third kappa shape index (κ3) is 2.01. The van der Waals surface area contributed by atoms with Gasteiger partial charge in [0.1, 0.15) is 0 Å². The van der Waals surface area contributed by atoms with E-state index in [0.29, 0.717) is 5.92 Å². The molecule has 2 atom stereocenters. The third-order valence-corrected chi connectivity index (χ3v) is 3.42. The number of hydrogen-bond acceptors (Lipinski definition) is 1. The maximum Gasteiger partial charge on any atom is 0.189 e. The monoisotopic (exact) mass is 206 g/mol. The molecule has 1 aromatic carbocycles. The van der Waals surface area contributed by atoms with Crippen LogP contribution in [0.1, 0.15) is 30.7 Å². The lowest BCUT2D eigenvalue weighted by Gasteiger charge is -2.09. The van der Waals surface area contributed by atoms with Crippen LogP contribution in [0.15, 0.2) is 30.3 Å². The highest BCUT2D eigenvalue weighted by molar-refractivity contribution is 7.96. The first-order chi connectivity index (χ1) is 6.77. The van der Waals surface area contributed by atoms with Crippen molar-refractivity contribution in [2.24, 2.45) is 5.92 Å². The fourth-order valence-corrected chi connectivity index (χ4v) is 2.47. The second kappa shape index (κ2) is 4.18. The summed E-state index contributed by atoms with van der Waals surface area (Å²) in [4.78, 5) is 11.1. The highest BCUT2D eigenvalue weighted by Gasteiger charge is 2.28. The summed E-state index contributed by atoms with van der Waals surface area (Å²) in [6, 6.07) is 10.4.